The molecule has 0 radical (unpaired) electrons. The molecule has 1 N–H and O–H groups in total. The number of aryl methyl sites for hydroxylation is 1. The molecule has 0 bridgehead atoms. The summed E-state index contributed by atoms with van der Waals surface area (Å²) in [6, 6.07) is 7.30. The first-order chi connectivity index (χ1) is 12.1. The van der Waals surface area contributed by atoms with Crippen molar-refractivity contribution in [1.29, 1.82) is 0 Å². The lowest BCUT2D eigenvalue weighted by Crippen LogP contribution is -2.19. The number of hydrogen-bond donors (Lipinski definition) is 1. The molecule has 130 valence electrons. The van der Waals surface area contributed by atoms with Crippen LogP contribution >= 0.6 is 0 Å². The van der Waals surface area contributed by atoms with Gasteiger partial charge in [0, 0.05) is 13.2 Å². The smallest absolute Gasteiger partial charge is 0.247 e. The fourth-order valence-electron chi connectivity index (χ4n) is 2.42. The van der Waals surface area contributed by atoms with Crippen molar-refractivity contribution in [2.75, 3.05) is 19.5 Å². The Bertz CT molecular complexity index is 863. The topological polar surface area (TPSA) is 96.1 Å². The van der Waals surface area contributed by atoms with Gasteiger partial charge in [0.05, 0.1) is 31.7 Å². The van der Waals surface area contributed by atoms with Gasteiger partial charge in [-0.3, -0.25) is 14.2 Å². The third-order valence-corrected chi connectivity index (χ3v) is 3.50. The zero-order valence-electron chi connectivity index (χ0n) is 14.1. The second-order valence-corrected chi connectivity index (χ2v) is 5.26. The highest BCUT2D eigenvalue weighted by Gasteiger charge is 2.15. The molecule has 0 atom stereocenters. The van der Waals surface area contributed by atoms with Crippen LogP contribution in [0.3, 0.4) is 0 Å². The largest absolute Gasteiger partial charge is 0.496 e. The molecule has 2 aromatic heterocycles. The van der Waals surface area contributed by atoms with Gasteiger partial charge in [0.15, 0.2) is 5.82 Å². The standard InChI is InChI=1S/C16H18N6O3/c1-21-9-14(18-20-21)17-15(23)10-22-8-7-11(19-22)16-12(24-2)5-4-6-13(16)25-3/h4-9H,10H2,1-3H3,(H,17,23). The molecule has 9 nitrogen and oxygen atoms in total. The highest BCUT2D eigenvalue weighted by Crippen LogP contribution is 2.37. The van der Waals surface area contributed by atoms with Crippen molar-refractivity contribution in [3.63, 3.8) is 0 Å². The van der Waals surface area contributed by atoms with Crippen LogP contribution in [0.15, 0.2) is 36.7 Å². The Morgan fingerprint density at radius 2 is 1.92 bits per heavy atom. The van der Waals surface area contributed by atoms with Crippen molar-refractivity contribution in [2.45, 2.75) is 6.54 Å². The van der Waals surface area contributed by atoms with Gasteiger partial charge in [-0.2, -0.15) is 5.10 Å². The Hall–Kier alpha value is -3.36. The van der Waals surface area contributed by atoms with Crippen LogP contribution in [0.5, 0.6) is 11.5 Å². The molecule has 3 rings (SSSR count). The fourth-order valence-corrected chi connectivity index (χ4v) is 2.42. The van der Waals surface area contributed by atoms with E-state index < -0.39 is 0 Å². The summed E-state index contributed by atoms with van der Waals surface area (Å²) < 4.78 is 13.8. The summed E-state index contributed by atoms with van der Waals surface area (Å²) in [4.78, 5) is 12.1. The van der Waals surface area contributed by atoms with Crippen LogP contribution < -0.4 is 14.8 Å². The molecule has 1 aromatic carbocycles. The molecule has 0 aliphatic heterocycles. The molecule has 0 aliphatic rings. The molecule has 0 fully saturated rings. The maximum Gasteiger partial charge on any atom is 0.247 e. The summed E-state index contributed by atoms with van der Waals surface area (Å²) in [6.45, 7) is 0.0496. The molecule has 2 heterocycles. The Balaban J connectivity index is 1.78. The van der Waals surface area contributed by atoms with Crippen molar-refractivity contribution in [1.82, 2.24) is 24.8 Å². The Labute approximate surface area is 144 Å². The number of nitrogens with zero attached hydrogens (tertiary/aromatic N) is 5. The monoisotopic (exact) mass is 342 g/mol. The summed E-state index contributed by atoms with van der Waals surface area (Å²) in [5.41, 5.74) is 1.39. The fraction of sp³-hybridized carbons (Fsp3) is 0.250. The number of carbonyl (C=O) groups excluding carboxylic acids is 1. The SMILES string of the molecule is COc1cccc(OC)c1-c1ccn(CC(=O)Nc2cn(C)nn2)n1. The second-order valence-electron chi connectivity index (χ2n) is 5.26. The van der Waals surface area contributed by atoms with Crippen LogP contribution in [0.1, 0.15) is 0 Å². The van der Waals surface area contributed by atoms with Crippen LogP contribution in [0.2, 0.25) is 0 Å². The van der Waals surface area contributed by atoms with E-state index in [-0.39, 0.29) is 12.5 Å². The number of rotatable bonds is 6. The van der Waals surface area contributed by atoms with Gasteiger partial charge in [-0.05, 0) is 18.2 Å². The minimum absolute atomic E-state index is 0.0496. The second kappa shape index (κ2) is 7.04. The van der Waals surface area contributed by atoms with E-state index in [1.807, 2.05) is 18.2 Å². The number of ether oxygens (including phenoxy) is 2. The van der Waals surface area contributed by atoms with E-state index in [0.717, 1.165) is 5.56 Å². The number of nitrogens with one attached hydrogen (secondary N) is 1. The van der Waals surface area contributed by atoms with Gasteiger partial charge in [-0.1, -0.05) is 11.3 Å². The third-order valence-electron chi connectivity index (χ3n) is 3.50. The highest BCUT2D eigenvalue weighted by atomic mass is 16.5. The minimum Gasteiger partial charge on any atom is -0.496 e. The van der Waals surface area contributed by atoms with Gasteiger partial charge in [-0.25, -0.2) is 0 Å². The van der Waals surface area contributed by atoms with Gasteiger partial charge in [-0.15, -0.1) is 5.10 Å². The van der Waals surface area contributed by atoms with Crippen molar-refractivity contribution in [2.24, 2.45) is 7.05 Å². The van der Waals surface area contributed by atoms with E-state index in [4.69, 9.17) is 9.47 Å². The van der Waals surface area contributed by atoms with Gasteiger partial charge in [0.2, 0.25) is 5.91 Å². The van der Waals surface area contributed by atoms with E-state index in [0.29, 0.717) is 23.0 Å². The first-order valence-corrected chi connectivity index (χ1v) is 7.51. The lowest BCUT2D eigenvalue weighted by Gasteiger charge is -2.10. The predicted octanol–water partition coefficient (Wildman–Crippen LogP) is 1.33. The van der Waals surface area contributed by atoms with Gasteiger partial charge >= 0.3 is 0 Å². The number of methoxy groups -OCH3 is 2. The van der Waals surface area contributed by atoms with Crippen LogP contribution in [-0.4, -0.2) is 44.9 Å². The molecule has 0 aliphatic carbocycles. The highest BCUT2D eigenvalue weighted by molar-refractivity contribution is 5.89. The van der Waals surface area contributed by atoms with Crippen molar-refractivity contribution in [3.8, 4) is 22.8 Å². The molecule has 0 unspecified atom stereocenters. The molecule has 0 saturated carbocycles. The lowest BCUT2D eigenvalue weighted by molar-refractivity contribution is -0.116. The average Bonchev–Trinajstić information content (AvgIpc) is 3.22. The maximum atomic E-state index is 12.1. The predicted molar refractivity (Wildman–Crippen MR) is 90.4 cm³/mol. The van der Waals surface area contributed by atoms with Crippen molar-refractivity contribution >= 4 is 11.7 Å². The number of carbonyl (C=O) groups is 1. The Morgan fingerprint density at radius 1 is 1.20 bits per heavy atom. The number of hydrogen-bond acceptors (Lipinski definition) is 6. The number of benzene rings is 1. The van der Waals surface area contributed by atoms with E-state index in [2.05, 4.69) is 20.7 Å². The summed E-state index contributed by atoms with van der Waals surface area (Å²) >= 11 is 0. The molecular formula is C16H18N6O3. The van der Waals surface area contributed by atoms with Crippen molar-refractivity contribution in [3.05, 3.63) is 36.7 Å². The van der Waals surface area contributed by atoms with Gasteiger partial charge in [0.1, 0.15) is 18.0 Å². The zero-order valence-corrected chi connectivity index (χ0v) is 14.1. The van der Waals surface area contributed by atoms with E-state index >= 15 is 0 Å². The van der Waals surface area contributed by atoms with E-state index in [1.54, 1.807) is 39.7 Å². The molecule has 0 spiro atoms. The zero-order chi connectivity index (χ0) is 17.8. The molecule has 1 amide bonds. The summed E-state index contributed by atoms with van der Waals surface area (Å²) in [5.74, 6) is 1.44. The summed E-state index contributed by atoms with van der Waals surface area (Å²) in [7, 11) is 4.90. The first-order valence-electron chi connectivity index (χ1n) is 7.51. The minimum atomic E-state index is -0.248. The molecular weight excluding hydrogens is 324 g/mol. The van der Waals surface area contributed by atoms with Gasteiger partial charge < -0.3 is 14.8 Å². The number of anilines is 1. The number of amides is 1. The Morgan fingerprint density at radius 3 is 2.52 bits per heavy atom. The quantitative estimate of drug-likeness (QED) is 0.726. The van der Waals surface area contributed by atoms with Crippen molar-refractivity contribution < 1.29 is 14.3 Å². The van der Waals surface area contributed by atoms with Gasteiger partial charge in [0.25, 0.3) is 0 Å². The third kappa shape index (κ3) is 3.60. The van der Waals surface area contributed by atoms with E-state index in [9.17, 15) is 4.79 Å². The van der Waals surface area contributed by atoms with Crippen LogP contribution in [-0.2, 0) is 18.4 Å². The summed E-state index contributed by atoms with van der Waals surface area (Å²) in [5, 5.41) is 14.7. The molecule has 25 heavy (non-hydrogen) atoms. The molecule has 9 heteroatoms. The summed E-state index contributed by atoms with van der Waals surface area (Å²) in [6.07, 6.45) is 3.34. The average molecular weight is 342 g/mol. The molecule has 0 saturated heterocycles. The van der Waals surface area contributed by atoms with Crippen LogP contribution in [0, 0.1) is 0 Å². The lowest BCUT2D eigenvalue weighted by atomic mass is 10.1. The number of aromatic nitrogens is 5. The first kappa shape index (κ1) is 16.5. The van der Waals surface area contributed by atoms with Crippen LogP contribution in [0.4, 0.5) is 5.82 Å². The Kier molecular flexibility index (Phi) is 4.64. The maximum absolute atomic E-state index is 12.1. The van der Waals surface area contributed by atoms with E-state index in [1.165, 1.54) is 9.36 Å². The molecule has 3 aromatic rings. The van der Waals surface area contributed by atoms with Crippen LogP contribution in [0.25, 0.3) is 11.3 Å². The normalized spacial score (nSPS) is 10.5.